The number of rotatable bonds is 5. The molecule has 0 heterocycles. The van der Waals surface area contributed by atoms with Gasteiger partial charge in [0, 0.05) is 0 Å². The second-order valence-electron chi connectivity index (χ2n) is 5.58. The molecule has 0 aromatic heterocycles. The lowest BCUT2D eigenvalue weighted by atomic mass is 9.76. The van der Waals surface area contributed by atoms with Crippen LogP contribution in [0.3, 0.4) is 0 Å². The number of hydrogen-bond acceptors (Lipinski definition) is 2. The molecule has 2 unspecified atom stereocenters. The Morgan fingerprint density at radius 1 is 1.00 bits per heavy atom. The maximum absolute atomic E-state index is 10.2. The largest absolute Gasteiger partial charge is 0.390 e. The smallest absolute Gasteiger partial charge is 0.0829 e. The average molecular weight is 228 g/mol. The minimum absolute atomic E-state index is 0.259. The molecule has 0 spiro atoms. The van der Waals surface area contributed by atoms with Crippen molar-refractivity contribution in [1.29, 1.82) is 0 Å². The Balaban J connectivity index is 2.46. The summed E-state index contributed by atoms with van der Waals surface area (Å²) >= 11 is 0. The third-order valence-corrected chi connectivity index (χ3v) is 4.43. The highest BCUT2D eigenvalue weighted by atomic mass is 16.3. The molecular formula is C14H28O2. The van der Waals surface area contributed by atoms with E-state index in [0.717, 1.165) is 31.6 Å². The third-order valence-electron chi connectivity index (χ3n) is 4.43. The highest BCUT2D eigenvalue weighted by Gasteiger charge is 2.32. The van der Waals surface area contributed by atoms with Crippen LogP contribution in [0.5, 0.6) is 0 Å². The molecule has 1 fully saturated rings. The van der Waals surface area contributed by atoms with Gasteiger partial charge in [-0.1, -0.05) is 46.5 Å². The van der Waals surface area contributed by atoms with Gasteiger partial charge in [-0.3, -0.25) is 0 Å². The maximum Gasteiger partial charge on any atom is 0.0829 e. The van der Waals surface area contributed by atoms with Crippen molar-refractivity contribution in [2.45, 2.75) is 71.5 Å². The van der Waals surface area contributed by atoms with Crippen LogP contribution in [0.2, 0.25) is 0 Å². The fraction of sp³-hybridized carbons (Fsp3) is 1.00. The van der Waals surface area contributed by atoms with Crippen LogP contribution < -0.4 is 0 Å². The fourth-order valence-electron chi connectivity index (χ4n) is 2.96. The van der Waals surface area contributed by atoms with Gasteiger partial charge in [0.25, 0.3) is 0 Å². The Bertz CT molecular complexity index is 181. The zero-order chi connectivity index (χ0) is 12.1. The van der Waals surface area contributed by atoms with Crippen LogP contribution in [0.1, 0.15) is 59.3 Å². The summed E-state index contributed by atoms with van der Waals surface area (Å²) in [6.07, 6.45) is 5.47. The van der Waals surface area contributed by atoms with Gasteiger partial charge in [0.2, 0.25) is 0 Å². The quantitative estimate of drug-likeness (QED) is 0.759. The van der Waals surface area contributed by atoms with Crippen molar-refractivity contribution in [3.63, 3.8) is 0 Å². The Morgan fingerprint density at radius 3 is 1.94 bits per heavy atom. The van der Waals surface area contributed by atoms with Crippen molar-refractivity contribution in [1.82, 2.24) is 0 Å². The van der Waals surface area contributed by atoms with E-state index in [4.69, 9.17) is 0 Å². The van der Waals surface area contributed by atoms with Crippen molar-refractivity contribution in [3.05, 3.63) is 0 Å². The first-order chi connectivity index (χ1) is 7.60. The second-order valence-corrected chi connectivity index (χ2v) is 5.58. The van der Waals surface area contributed by atoms with Crippen molar-refractivity contribution < 1.29 is 10.2 Å². The molecule has 2 heteroatoms. The van der Waals surface area contributed by atoms with Crippen LogP contribution in [-0.4, -0.2) is 22.4 Å². The van der Waals surface area contributed by atoms with Crippen molar-refractivity contribution >= 4 is 0 Å². The summed E-state index contributed by atoms with van der Waals surface area (Å²) < 4.78 is 0. The molecule has 0 aromatic rings. The number of aliphatic hydroxyl groups excluding tert-OH is 2. The summed E-state index contributed by atoms with van der Waals surface area (Å²) in [4.78, 5) is 0. The van der Waals surface area contributed by atoms with Crippen LogP contribution in [0.15, 0.2) is 0 Å². The van der Waals surface area contributed by atoms with Crippen LogP contribution in [0.25, 0.3) is 0 Å². The lowest BCUT2D eigenvalue weighted by molar-refractivity contribution is -0.0592. The Kier molecular flexibility index (Phi) is 5.77. The van der Waals surface area contributed by atoms with Gasteiger partial charge >= 0.3 is 0 Å². The van der Waals surface area contributed by atoms with Crippen molar-refractivity contribution in [3.8, 4) is 0 Å². The molecule has 1 saturated carbocycles. The minimum Gasteiger partial charge on any atom is -0.390 e. The zero-order valence-corrected chi connectivity index (χ0v) is 11.0. The van der Waals surface area contributed by atoms with Gasteiger partial charge in [0.05, 0.1) is 12.2 Å². The van der Waals surface area contributed by atoms with E-state index in [9.17, 15) is 10.2 Å². The molecule has 0 amide bonds. The average Bonchev–Trinajstić information content (AvgIpc) is 2.30. The van der Waals surface area contributed by atoms with Gasteiger partial charge in [-0.2, -0.15) is 0 Å². The van der Waals surface area contributed by atoms with Crippen LogP contribution in [0.4, 0.5) is 0 Å². The normalized spacial score (nSPS) is 30.4. The molecule has 1 aliphatic carbocycles. The molecule has 0 aliphatic heterocycles. The van der Waals surface area contributed by atoms with E-state index in [2.05, 4.69) is 20.8 Å². The van der Waals surface area contributed by atoms with E-state index in [1.807, 2.05) is 0 Å². The molecule has 0 saturated heterocycles. The predicted octanol–water partition coefficient (Wildman–Crippen LogP) is 2.97. The summed E-state index contributed by atoms with van der Waals surface area (Å²) in [7, 11) is 0. The van der Waals surface area contributed by atoms with E-state index in [1.54, 1.807) is 0 Å². The van der Waals surface area contributed by atoms with Crippen LogP contribution in [0, 0.1) is 17.8 Å². The molecule has 0 aromatic carbocycles. The van der Waals surface area contributed by atoms with E-state index in [-0.39, 0.29) is 5.92 Å². The van der Waals surface area contributed by atoms with E-state index in [0.29, 0.717) is 5.92 Å². The Hall–Kier alpha value is -0.0800. The van der Waals surface area contributed by atoms with Crippen LogP contribution in [-0.2, 0) is 0 Å². The highest BCUT2D eigenvalue weighted by Crippen LogP contribution is 2.33. The third kappa shape index (κ3) is 3.46. The molecule has 1 rings (SSSR count). The highest BCUT2D eigenvalue weighted by molar-refractivity contribution is 4.83. The Labute approximate surface area is 100 Å². The van der Waals surface area contributed by atoms with Gasteiger partial charge in [0.1, 0.15) is 0 Å². The molecule has 1 aliphatic rings. The lowest BCUT2D eigenvalue weighted by Gasteiger charge is -2.34. The SMILES string of the molecule is CCC(CC)C(O)C(O)C1CCC(C)CC1. The molecule has 16 heavy (non-hydrogen) atoms. The van der Waals surface area contributed by atoms with Gasteiger partial charge < -0.3 is 10.2 Å². The fourth-order valence-corrected chi connectivity index (χ4v) is 2.96. The van der Waals surface area contributed by atoms with Gasteiger partial charge in [-0.05, 0) is 30.6 Å². The standard InChI is InChI=1S/C14H28O2/c1-4-11(5-2)13(15)14(16)12-8-6-10(3)7-9-12/h10-16H,4-9H2,1-3H3. The molecule has 0 bridgehead atoms. The van der Waals surface area contributed by atoms with E-state index in [1.165, 1.54) is 12.8 Å². The predicted molar refractivity (Wildman–Crippen MR) is 67.2 cm³/mol. The number of hydrogen-bond donors (Lipinski definition) is 2. The van der Waals surface area contributed by atoms with Gasteiger partial charge in [-0.15, -0.1) is 0 Å². The van der Waals surface area contributed by atoms with E-state index >= 15 is 0 Å². The summed E-state index contributed by atoms with van der Waals surface area (Å²) in [6.45, 7) is 6.46. The maximum atomic E-state index is 10.2. The molecule has 96 valence electrons. The topological polar surface area (TPSA) is 40.5 Å². The minimum atomic E-state index is -0.520. The molecule has 2 atom stereocenters. The molecular weight excluding hydrogens is 200 g/mol. The second kappa shape index (κ2) is 6.61. The van der Waals surface area contributed by atoms with Gasteiger partial charge in [0.15, 0.2) is 0 Å². The number of aliphatic hydroxyl groups is 2. The zero-order valence-electron chi connectivity index (χ0n) is 11.0. The molecule has 2 N–H and O–H groups in total. The Morgan fingerprint density at radius 2 is 1.50 bits per heavy atom. The first kappa shape index (κ1) is 14.0. The lowest BCUT2D eigenvalue weighted by Crippen LogP contribution is -2.39. The molecule has 2 nitrogen and oxygen atoms in total. The first-order valence-electron chi connectivity index (χ1n) is 6.96. The first-order valence-corrected chi connectivity index (χ1v) is 6.96. The van der Waals surface area contributed by atoms with Crippen molar-refractivity contribution in [2.24, 2.45) is 17.8 Å². The van der Waals surface area contributed by atoms with Crippen molar-refractivity contribution in [2.75, 3.05) is 0 Å². The van der Waals surface area contributed by atoms with Crippen LogP contribution >= 0.6 is 0 Å². The monoisotopic (exact) mass is 228 g/mol. The summed E-state index contributed by atoms with van der Waals surface area (Å²) in [6, 6.07) is 0. The summed E-state index contributed by atoms with van der Waals surface area (Å²) in [5.41, 5.74) is 0. The summed E-state index contributed by atoms with van der Waals surface area (Å²) in [5, 5.41) is 20.4. The van der Waals surface area contributed by atoms with E-state index < -0.39 is 12.2 Å². The van der Waals surface area contributed by atoms with Gasteiger partial charge in [-0.25, -0.2) is 0 Å². The summed E-state index contributed by atoms with van der Waals surface area (Å²) in [5.74, 6) is 1.38. The molecule has 0 radical (unpaired) electrons.